The normalized spacial score (nSPS) is 14.5. The smallest absolute Gasteiger partial charge is 0.461 e. The van der Waals surface area contributed by atoms with Gasteiger partial charge in [-0.05, 0) is 83.5 Å². The van der Waals surface area contributed by atoms with E-state index in [1.54, 1.807) is 6.08 Å². The number of phosphoric acid groups is 1. The molecule has 64 heavy (non-hydrogen) atoms. The van der Waals surface area contributed by atoms with Crippen LogP contribution in [0.4, 0.5) is 0 Å². The van der Waals surface area contributed by atoms with E-state index in [2.05, 4.69) is 117 Å². The van der Waals surface area contributed by atoms with E-state index in [-0.39, 0.29) is 26.1 Å². The molecule has 0 aliphatic heterocycles. The van der Waals surface area contributed by atoms with Gasteiger partial charge in [-0.25, -0.2) is 4.57 Å². The summed E-state index contributed by atoms with van der Waals surface area (Å²) in [6.07, 6.45) is 62.8. The van der Waals surface area contributed by atoms with Crippen LogP contribution in [0.5, 0.6) is 0 Å². The molecule has 9 nitrogen and oxygen atoms in total. The lowest BCUT2D eigenvalue weighted by atomic mass is 10.1. The number of carbonyl (C=O) groups excluding carboxylic acids is 2. The van der Waals surface area contributed by atoms with Crippen LogP contribution in [0.15, 0.2) is 122 Å². The number of likely N-dealkylation sites (N-methyl/N-ethyl adjacent to an activating group) is 1. The molecule has 0 aromatic rings. The third kappa shape index (κ3) is 47.9. The first kappa shape index (κ1) is 60.4. The number of ether oxygens (including phenoxy) is 2. The molecule has 362 valence electrons. The van der Waals surface area contributed by atoms with Crippen molar-refractivity contribution in [2.24, 2.45) is 0 Å². The van der Waals surface area contributed by atoms with Crippen LogP contribution in [0.2, 0.25) is 0 Å². The summed E-state index contributed by atoms with van der Waals surface area (Å²) in [5.41, 5.74) is 0. The van der Waals surface area contributed by atoms with Gasteiger partial charge < -0.3 is 18.9 Å². The Bertz CT molecular complexity index is 1490. The number of esters is 2. The maximum absolute atomic E-state index is 12.7. The number of phosphoric ester groups is 1. The van der Waals surface area contributed by atoms with Crippen LogP contribution in [0.25, 0.3) is 0 Å². The van der Waals surface area contributed by atoms with Crippen molar-refractivity contribution in [1.29, 1.82) is 0 Å². The zero-order valence-corrected chi connectivity index (χ0v) is 41.6. The van der Waals surface area contributed by atoms with Gasteiger partial charge in [-0.15, -0.1) is 0 Å². The number of quaternary nitrogens is 1. The van der Waals surface area contributed by atoms with Gasteiger partial charge in [-0.2, -0.15) is 0 Å². The Kier molecular flexibility index (Phi) is 42.1. The molecule has 0 aliphatic carbocycles. The van der Waals surface area contributed by atoms with Crippen molar-refractivity contribution < 1.29 is 42.1 Å². The van der Waals surface area contributed by atoms with E-state index in [0.717, 1.165) is 83.5 Å². The lowest BCUT2D eigenvalue weighted by Gasteiger charge is -2.24. The number of rotatable bonds is 42. The molecule has 0 aromatic carbocycles. The van der Waals surface area contributed by atoms with Gasteiger partial charge in [0, 0.05) is 6.42 Å². The second-order valence-corrected chi connectivity index (χ2v) is 18.2. The van der Waals surface area contributed by atoms with Crippen LogP contribution in [-0.4, -0.2) is 74.9 Å². The topological polar surface area (TPSA) is 108 Å². The zero-order valence-electron chi connectivity index (χ0n) is 40.7. The van der Waals surface area contributed by atoms with Gasteiger partial charge in [0.2, 0.25) is 0 Å². The zero-order chi connectivity index (χ0) is 47.1. The molecule has 0 spiro atoms. The number of hydrogen-bond donors (Lipinski definition) is 1. The summed E-state index contributed by atoms with van der Waals surface area (Å²) >= 11 is 0. The lowest BCUT2D eigenvalue weighted by Crippen LogP contribution is -2.37. The van der Waals surface area contributed by atoms with Crippen LogP contribution < -0.4 is 0 Å². The molecule has 0 saturated carbocycles. The van der Waals surface area contributed by atoms with E-state index in [4.69, 9.17) is 18.5 Å². The molecule has 10 heteroatoms. The number of unbranched alkanes of at least 4 members (excludes halogenated alkanes) is 9. The van der Waals surface area contributed by atoms with Gasteiger partial charge >= 0.3 is 19.8 Å². The molecule has 2 unspecified atom stereocenters. The van der Waals surface area contributed by atoms with Gasteiger partial charge in [0.05, 0.1) is 34.2 Å². The van der Waals surface area contributed by atoms with E-state index in [9.17, 15) is 19.0 Å². The highest BCUT2D eigenvalue weighted by molar-refractivity contribution is 7.47. The van der Waals surface area contributed by atoms with E-state index in [1.807, 2.05) is 33.3 Å². The highest BCUT2D eigenvalue weighted by Crippen LogP contribution is 2.43. The van der Waals surface area contributed by atoms with Gasteiger partial charge in [0.15, 0.2) is 6.10 Å². The van der Waals surface area contributed by atoms with Crippen molar-refractivity contribution in [2.75, 3.05) is 47.5 Å². The summed E-state index contributed by atoms with van der Waals surface area (Å²) in [7, 11) is 1.40. The third-order valence-electron chi connectivity index (χ3n) is 9.52. The van der Waals surface area contributed by atoms with Crippen molar-refractivity contribution in [1.82, 2.24) is 0 Å². The largest absolute Gasteiger partial charge is 0.472 e. The first-order valence-electron chi connectivity index (χ1n) is 24.3. The minimum atomic E-state index is -4.41. The third-order valence-corrected chi connectivity index (χ3v) is 10.5. The first-order valence-corrected chi connectivity index (χ1v) is 25.8. The molecule has 0 radical (unpaired) electrons. The van der Waals surface area contributed by atoms with Crippen molar-refractivity contribution in [3.8, 4) is 0 Å². The SMILES string of the molecule is CC/C=C\C/C=C\C/C=C\C/C=C\C/C=C\CCCCCCCCCCCC(=O)OC(COC(=O)C/C=C\C/C=C\C/C=C\C/C=C\C/C=C\CC)COP(=O)(O)OCC[N+](C)(C)C. The molecule has 0 fully saturated rings. The van der Waals surface area contributed by atoms with Crippen LogP contribution in [0.3, 0.4) is 0 Å². The van der Waals surface area contributed by atoms with Gasteiger partial charge in [0.25, 0.3) is 0 Å². The number of hydrogen-bond acceptors (Lipinski definition) is 7. The van der Waals surface area contributed by atoms with Gasteiger partial charge in [-0.3, -0.25) is 18.6 Å². The number of nitrogens with zero attached hydrogens (tertiary/aromatic N) is 1. The Balaban J connectivity index is 4.38. The fourth-order valence-electron chi connectivity index (χ4n) is 5.82. The van der Waals surface area contributed by atoms with Crippen LogP contribution in [0, 0.1) is 0 Å². The molecule has 0 aliphatic rings. The maximum Gasteiger partial charge on any atom is 0.472 e. The summed E-state index contributed by atoms with van der Waals surface area (Å²) in [4.78, 5) is 35.4. The minimum absolute atomic E-state index is 0.00969. The quantitative estimate of drug-likeness (QED) is 0.0212. The molecule has 0 bridgehead atoms. The highest BCUT2D eigenvalue weighted by Gasteiger charge is 2.27. The van der Waals surface area contributed by atoms with E-state index < -0.39 is 32.5 Å². The molecule has 0 aromatic heterocycles. The molecular formula is C54H89NO8P+. The highest BCUT2D eigenvalue weighted by atomic mass is 31.2. The average Bonchev–Trinajstić information content (AvgIpc) is 3.25. The average molecular weight is 911 g/mol. The molecule has 0 heterocycles. The fraction of sp³-hybridized carbons (Fsp3) is 0.593. The molecule has 0 saturated heterocycles. The Morgan fingerprint density at radius 1 is 0.500 bits per heavy atom. The van der Waals surface area contributed by atoms with Crippen molar-refractivity contribution in [3.05, 3.63) is 122 Å². The van der Waals surface area contributed by atoms with Gasteiger partial charge in [-0.1, -0.05) is 180 Å². The predicted octanol–water partition coefficient (Wildman–Crippen LogP) is 14.5. The summed E-state index contributed by atoms with van der Waals surface area (Å²) in [6, 6.07) is 0. The Morgan fingerprint density at radius 3 is 1.33 bits per heavy atom. The first-order chi connectivity index (χ1) is 31.0. The van der Waals surface area contributed by atoms with Crippen LogP contribution >= 0.6 is 7.82 Å². The lowest BCUT2D eigenvalue weighted by molar-refractivity contribution is -0.870. The second-order valence-electron chi connectivity index (χ2n) is 16.7. The van der Waals surface area contributed by atoms with E-state index in [0.29, 0.717) is 23.9 Å². The van der Waals surface area contributed by atoms with Crippen molar-refractivity contribution in [2.45, 2.75) is 161 Å². The Labute approximate surface area is 390 Å². The number of carbonyl (C=O) groups is 2. The molecule has 2 atom stereocenters. The number of allylic oxidation sites excluding steroid dienone is 19. The molecule has 1 N–H and O–H groups in total. The van der Waals surface area contributed by atoms with Crippen LogP contribution in [-0.2, 0) is 32.7 Å². The standard InChI is InChI=1S/C54H88NO8P/c1-6-8-10-12-14-16-18-20-22-23-24-25-26-27-28-29-30-31-33-35-37-39-41-43-45-47-54(57)63-52(51-62-64(58,59)61-49-48-55(3,4)5)50-60-53(56)46-44-42-40-38-36-34-32-21-19-17-15-13-11-9-7-2/h8-11,14-17,20-22,24-25,27-28,32,36,38,42,44,52H,6-7,12-13,18-19,23,26,29-31,33-35,37,39-41,43,45-51H2,1-5H3/p+1/b10-8-,11-9-,16-14-,17-15-,22-20-,25-24-,28-27-,32-21-,38-36-,44-42-. The van der Waals surface area contributed by atoms with Crippen molar-refractivity contribution in [3.63, 3.8) is 0 Å². The Morgan fingerprint density at radius 2 is 0.891 bits per heavy atom. The second kappa shape index (κ2) is 44.6. The predicted molar refractivity (Wildman–Crippen MR) is 270 cm³/mol. The minimum Gasteiger partial charge on any atom is -0.461 e. The molecule has 0 amide bonds. The van der Waals surface area contributed by atoms with Gasteiger partial charge in [0.1, 0.15) is 19.8 Å². The monoisotopic (exact) mass is 911 g/mol. The summed E-state index contributed by atoms with van der Waals surface area (Å²) in [5.74, 6) is -0.965. The van der Waals surface area contributed by atoms with E-state index in [1.165, 1.54) is 32.1 Å². The fourth-order valence-corrected chi connectivity index (χ4v) is 6.56. The summed E-state index contributed by atoms with van der Waals surface area (Å²) in [5, 5.41) is 0. The van der Waals surface area contributed by atoms with Crippen molar-refractivity contribution >= 4 is 19.8 Å². The maximum atomic E-state index is 12.7. The molecule has 0 rings (SSSR count). The molecular weight excluding hydrogens is 822 g/mol. The Hall–Kier alpha value is -3.59. The summed E-state index contributed by atoms with van der Waals surface area (Å²) < 4.78 is 34.2. The van der Waals surface area contributed by atoms with E-state index >= 15 is 0 Å². The van der Waals surface area contributed by atoms with Crippen LogP contribution in [0.1, 0.15) is 155 Å². The summed E-state index contributed by atoms with van der Waals surface area (Å²) in [6.45, 7) is 4.05.